The second kappa shape index (κ2) is 7.02. The van der Waals surface area contributed by atoms with Gasteiger partial charge in [-0.1, -0.05) is 32.0 Å². The highest BCUT2D eigenvalue weighted by molar-refractivity contribution is 6.00. The average molecular weight is 381 g/mol. The van der Waals surface area contributed by atoms with Gasteiger partial charge < -0.3 is 10.1 Å². The quantitative estimate of drug-likeness (QED) is 0.700. The summed E-state index contributed by atoms with van der Waals surface area (Å²) in [6.45, 7) is 5.81. The third kappa shape index (κ3) is 3.18. The van der Waals surface area contributed by atoms with E-state index in [2.05, 4.69) is 10.4 Å². The molecule has 0 aliphatic carbocycles. The van der Waals surface area contributed by atoms with Gasteiger partial charge in [0.05, 0.1) is 22.2 Å². The number of aromatic nitrogens is 2. The van der Waals surface area contributed by atoms with Crippen molar-refractivity contribution in [2.45, 2.75) is 32.2 Å². The van der Waals surface area contributed by atoms with Crippen molar-refractivity contribution in [3.05, 3.63) is 59.0 Å². The summed E-state index contributed by atoms with van der Waals surface area (Å²) < 4.78 is 22.1. The van der Waals surface area contributed by atoms with Gasteiger partial charge in [-0.15, -0.1) is 0 Å². The standard InChI is InChI=1S/C22H24FN3O2/c1-22(2,21-19-16(23)8-5-9-17(19)26(3)25-21)12-18(27)15-7-4-6-14-13-24-10-11-28-20(14)15/h4-9,24H,10-13H2,1-3H3. The van der Waals surface area contributed by atoms with Crippen LogP contribution in [0.25, 0.3) is 10.9 Å². The third-order valence-electron chi connectivity index (χ3n) is 5.31. The highest BCUT2D eigenvalue weighted by atomic mass is 19.1. The predicted molar refractivity (Wildman–Crippen MR) is 106 cm³/mol. The molecule has 3 aromatic rings. The van der Waals surface area contributed by atoms with Gasteiger partial charge in [0.1, 0.15) is 18.2 Å². The van der Waals surface area contributed by atoms with Gasteiger partial charge in [-0.3, -0.25) is 9.48 Å². The van der Waals surface area contributed by atoms with Crippen LogP contribution in [0.1, 0.15) is 41.9 Å². The molecular weight excluding hydrogens is 357 g/mol. The summed E-state index contributed by atoms with van der Waals surface area (Å²) in [7, 11) is 1.79. The number of benzene rings is 2. The number of halogens is 1. The van der Waals surface area contributed by atoms with E-state index in [4.69, 9.17) is 4.74 Å². The number of fused-ring (bicyclic) bond motifs is 2. The van der Waals surface area contributed by atoms with Crippen LogP contribution >= 0.6 is 0 Å². The molecule has 0 unspecified atom stereocenters. The van der Waals surface area contributed by atoms with E-state index in [1.54, 1.807) is 23.9 Å². The lowest BCUT2D eigenvalue weighted by atomic mass is 9.81. The minimum atomic E-state index is -0.634. The molecule has 0 amide bonds. The van der Waals surface area contributed by atoms with Crippen molar-refractivity contribution in [3.8, 4) is 5.75 Å². The molecule has 2 heterocycles. The van der Waals surface area contributed by atoms with Crippen molar-refractivity contribution >= 4 is 16.7 Å². The second-order valence-electron chi connectivity index (χ2n) is 7.91. The molecule has 6 heteroatoms. The van der Waals surface area contributed by atoms with E-state index in [0.29, 0.717) is 35.5 Å². The molecule has 0 atom stereocenters. The number of nitrogens with one attached hydrogen (secondary N) is 1. The summed E-state index contributed by atoms with van der Waals surface area (Å²) in [5, 5.41) is 8.32. The van der Waals surface area contributed by atoms with E-state index in [9.17, 15) is 9.18 Å². The van der Waals surface area contributed by atoms with Crippen molar-refractivity contribution in [2.24, 2.45) is 7.05 Å². The number of ether oxygens (including phenoxy) is 1. The zero-order valence-corrected chi connectivity index (χ0v) is 16.4. The Kier molecular flexibility index (Phi) is 4.67. The van der Waals surface area contributed by atoms with Crippen molar-refractivity contribution in [2.75, 3.05) is 13.2 Å². The van der Waals surface area contributed by atoms with E-state index >= 15 is 0 Å². The molecule has 0 fully saturated rings. The first-order chi connectivity index (χ1) is 13.4. The lowest BCUT2D eigenvalue weighted by Crippen LogP contribution is -2.24. The fraction of sp³-hybridized carbons (Fsp3) is 0.364. The van der Waals surface area contributed by atoms with E-state index in [1.165, 1.54) is 6.07 Å². The van der Waals surface area contributed by atoms with Crippen LogP contribution in [0.15, 0.2) is 36.4 Å². The highest BCUT2D eigenvalue weighted by Crippen LogP contribution is 2.36. The number of ketones is 1. The molecular formula is C22H24FN3O2. The van der Waals surface area contributed by atoms with Crippen molar-refractivity contribution in [1.29, 1.82) is 0 Å². The molecule has 1 N–H and O–H groups in total. The Labute approximate surface area is 163 Å². The molecule has 0 saturated heterocycles. The Balaban J connectivity index is 1.71. The van der Waals surface area contributed by atoms with Gasteiger partial charge in [0, 0.05) is 37.5 Å². The average Bonchev–Trinajstić information content (AvgIpc) is 2.85. The monoisotopic (exact) mass is 381 g/mol. The first-order valence-electron chi connectivity index (χ1n) is 9.49. The van der Waals surface area contributed by atoms with Crippen LogP contribution in [0.2, 0.25) is 0 Å². The van der Waals surface area contributed by atoms with Gasteiger partial charge in [0.25, 0.3) is 0 Å². The molecule has 2 aromatic carbocycles. The fourth-order valence-corrected chi connectivity index (χ4v) is 3.89. The van der Waals surface area contributed by atoms with Crippen molar-refractivity contribution in [3.63, 3.8) is 0 Å². The first-order valence-corrected chi connectivity index (χ1v) is 9.49. The second-order valence-corrected chi connectivity index (χ2v) is 7.91. The van der Waals surface area contributed by atoms with Crippen LogP contribution in [-0.2, 0) is 19.0 Å². The van der Waals surface area contributed by atoms with Crippen LogP contribution < -0.4 is 10.1 Å². The van der Waals surface area contributed by atoms with Crippen molar-refractivity contribution < 1.29 is 13.9 Å². The van der Waals surface area contributed by atoms with Gasteiger partial charge in [-0.2, -0.15) is 5.10 Å². The minimum absolute atomic E-state index is 0.0288. The molecule has 0 radical (unpaired) electrons. The molecule has 146 valence electrons. The molecule has 4 rings (SSSR count). The predicted octanol–water partition coefficient (Wildman–Crippen LogP) is 3.75. The summed E-state index contributed by atoms with van der Waals surface area (Å²) in [6.07, 6.45) is 0.209. The Hall–Kier alpha value is -2.73. The lowest BCUT2D eigenvalue weighted by molar-refractivity contribution is 0.0953. The van der Waals surface area contributed by atoms with Gasteiger partial charge in [0.2, 0.25) is 0 Å². The van der Waals surface area contributed by atoms with Crippen LogP contribution in [0.5, 0.6) is 5.75 Å². The maximum absolute atomic E-state index is 14.6. The number of carbonyl (C=O) groups is 1. The number of aryl methyl sites for hydroxylation is 1. The normalized spacial score (nSPS) is 14.4. The Morgan fingerprint density at radius 3 is 2.89 bits per heavy atom. The Bertz CT molecular complexity index is 1060. The number of nitrogens with zero attached hydrogens (tertiary/aromatic N) is 2. The molecule has 5 nitrogen and oxygen atoms in total. The largest absolute Gasteiger partial charge is 0.491 e. The Morgan fingerprint density at radius 2 is 2.07 bits per heavy atom. The third-order valence-corrected chi connectivity index (χ3v) is 5.31. The summed E-state index contributed by atoms with van der Waals surface area (Å²) >= 11 is 0. The van der Waals surface area contributed by atoms with Gasteiger partial charge in [0.15, 0.2) is 5.78 Å². The van der Waals surface area contributed by atoms with E-state index in [1.807, 2.05) is 32.0 Å². The summed E-state index contributed by atoms with van der Waals surface area (Å²) in [4.78, 5) is 13.2. The minimum Gasteiger partial charge on any atom is -0.491 e. The van der Waals surface area contributed by atoms with E-state index < -0.39 is 5.41 Å². The zero-order chi connectivity index (χ0) is 19.9. The van der Waals surface area contributed by atoms with E-state index in [0.717, 1.165) is 17.6 Å². The van der Waals surface area contributed by atoms with Crippen LogP contribution in [0, 0.1) is 5.82 Å². The molecule has 1 aliphatic rings. The highest BCUT2D eigenvalue weighted by Gasteiger charge is 2.32. The molecule has 1 aromatic heterocycles. The smallest absolute Gasteiger partial charge is 0.167 e. The van der Waals surface area contributed by atoms with Gasteiger partial charge in [-0.05, 0) is 18.2 Å². The summed E-state index contributed by atoms with van der Waals surface area (Å²) in [5.41, 5.74) is 2.25. The van der Waals surface area contributed by atoms with Gasteiger partial charge in [-0.25, -0.2) is 4.39 Å². The fourth-order valence-electron chi connectivity index (χ4n) is 3.89. The number of Topliss-reactive ketones (excluding diaryl/α,β-unsaturated/α-hetero) is 1. The Morgan fingerprint density at radius 1 is 1.29 bits per heavy atom. The SMILES string of the molecule is Cn1nc(C(C)(C)CC(=O)c2cccc3c2OCCNC3)c2c(F)cccc21. The molecule has 0 bridgehead atoms. The summed E-state index contributed by atoms with van der Waals surface area (Å²) in [5.74, 6) is 0.313. The number of hydrogen-bond donors (Lipinski definition) is 1. The maximum Gasteiger partial charge on any atom is 0.167 e. The molecule has 28 heavy (non-hydrogen) atoms. The molecule has 0 spiro atoms. The van der Waals surface area contributed by atoms with Crippen LogP contribution in [-0.4, -0.2) is 28.7 Å². The van der Waals surface area contributed by atoms with E-state index in [-0.39, 0.29) is 18.0 Å². The van der Waals surface area contributed by atoms with Crippen LogP contribution in [0.4, 0.5) is 4.39 Å². The topological polar surface area (TPSA) is 56.2 Å². The van der Waals surface area contributed by atoms with Gasteiger partial charge >= 0.3 is 0 Å². The lowest BCUT2D eigenvalue weighted by Gasteiger charge is -2.23. The number of carbonyl (C=O) groups excluding carboxylic acids is 1. The number of para-hydroxylation sites is 1. The number of rotatable bonds is 4. The first kappa shape index (κ1) is 18.6. The number of hydrogen-bond acceptors (Lipinski definition) is 4. The van der Waals surface area contributed by atoms with Crippen LogP contribution in [0.3, 0.4) is 0 Å². The summed E-state index contributed by atoms with van der Waals surface area (Å²) in [6, 6.07) is 10.6. The molecule has 0 saturated carbocycles. The maximum atomic E-state index is 14.6. The van der Waals surface area contributed by atoms with Crippen molar-refractivity contribution in [1.82, 2.24) is 15.1 Å². The zero-order valence-electron chi connectivity index (χ0n) is 16.4. The molecule has 1 aliphatic heterocycles.